The lowest BCUT2D eigenvalue weighted by Crippen LogP contribution is -2.41. The smallest absolute Gasteiger partial charge is 0.191 e. The molecule has 0 fully saturated rings. The molecule has 96 valence electrons. The first-order valence-electron chi connectivity index (χ1n) is 6.13. The highest BCUT2D eigenvalue weighted by molar-refractivity contribution is 7.09. The van der Waals surface area contributed by atoms with Gasteiger partial charge in [0.25, 0.3) is 0 Å². The summed E-state index contributed by atoms with van der Waals surface area (Å²) in [6, 6.07) is 0.384. The third-order valence-electron chi connectivity index (χ3n) is 2.07. The van der Waals surface area contributed by atoms with Crippen LogP contribution in [0.2, 0.25) is 0 Å². The van der Waals surface area contributed by atoms with Gasteiger partial charge >= 0.3 is 0 Å². The van der Waals surface area contributed by atoms with Crippen molar-refractivity contribution in [2.45, 2.75) is 46.7 Å². The largest absolute Gasteiger partial charge is 0.357 e. The van der Waals surface area contributed by atoms with Crippen LogP contribution in [-0.2, 0) is 13.0 Å². The zero-order valence-electron chi connectivity index (χ0n) is 11.1. The minimum atomic E-state index is 0.384. The summed E-state index contributed by atoms with van der Waals surface area (Å²) in [7, 11) is 0. The van der Waals surface area contributed by atoms with Crippen molar-refractivity contribution in [2.24, 2.45) is 4.99 Å². The molecule has 5 heteroatoms. The molecule has 0 unspecified atom stereocenters. The van der Waals surface area contributed by atoms with E-state index in [1.54, 1.807) is 11.3 Å². The second-order valence-electron chi connectivity index (χ2n) is 4.08. The average Bonchev–Trinajstić information content (AvgIpc) is 2.73. The van der Waals surface area contributed by atoms with E-state index < -0.39 is 0 Å². The number of aromatic nitrogens is 1. The molecule has 1 rings (SSSR count). The van der Waals surface area contributed by atoms with Crippen LogP contribution in [0.5, 0.6) is 0 Å². The van der Waals surface area contributed by atoms with Crippen molar-refractivity contribution in [1.82, 2.24) is 15.6 Å². The molecule has 0 radical (unpaired) electrons. The van der Waals surface area contributed by atoms with E-state index in [0.29, 0.717) is 12.6 Å². The van der Waals surface area contributed by atoms with Crippen LogP contribution in [0.1, 0.15) is 38.4 Å². The van der Waals surface area contributed by atoms with Crippen LogP contribution in [0.15, 0.2) is 10.4 Å². The summed E-state index contributed by atoms with van der Waals surface area (Å²) < 4.78 is 0. The van der Waals surface area contributed by atoms with Crippen molar-refractivity contribution in [3.05, 3.63) is 16.1 Å². The van der Waals surface area contributed by atoms with Crippen molar-refractivity contribution in [3.63, 3.8) is 0 Å². The van der Waals surface area contributed by atoms with Gasteiger partial charge < -0.3 is 10.6 Å². The molecule has 4 nitrogen and oxygen atoms in total. The second kappa shape index (κ2) is 7.27. The van der Waals surface area contributed by atoms with Gasteiger partial charge in [-0.3, -0.25) is 0 Å². The van der Waals surface area contributed by atoms with Crippen molar-refractivity contribution in [2.75, 3.05) is 6.54 Å². The average molecular weight is 254 g/mol. The molecular weight excluding hydrogens is 232 g/mol. The molecule has 0 aromatic carbocycles. The maximum atomic E-state index is 4.51. The van der Waals surface area contributed by atoms with Crippen LogP contribution in [-0.4, -0.2) is 23.5 Å². The first-order chi connectivity index (χ1) is 8.15. The maximum Gasteiger partial charge on any atom is 0.191 e. The fourth-order valence-electron chi connectivity index (χ4n) is 1.34. The summed E-state index contributed by atoms with van der Waals surface area (Å²) in [5, 5.41) is 9.77. The Kier molecular flexibility index (Phi) is 5.97. The molecule has 0 aliphatic heterocycles. The number of nitrogens with one attached hydrogen (secondary N) is 2. The lowest BCUT2D eigenvalue weighted by Gasteiger charge is -2.13. The van der Waals surface area contributed by atoms with Gasteiger partial charge in [-0.25, -0.2) is 9.98 Å². The molecule has 17 heavy (non-hydrogen) atoms. The molecular formula is C12H22N4S. The van der Waals surface area contributed by atoms with Crippen molar-refractivity contribution in [3.8, 4) is 0 Å². The van der Waals surface area contributed by atoms with E-state index >= 15 is 0 Å². The first kappa shape index (κ1) is 14.0. The number of hydrogen-bond acceptors (Lipinski definition) is 3. The van der Waals surface area contributed by atoms with Crippen LogP contribution in [0.3, 0.4) is 0 Å². The molecule has 1 heterocycles. The highest BCUT2D eigenvalue weighted by atomic mass is 32.1. The van der Waals surface area contributed by atoms with Crippen LogP contribution >= 0.6 is 11.3 Å². The van der Waals surface area contributed by atoms with Gasteiger partial charge in [0, 0.05) is 18.0 Å². The minimum Gasteiger partial charge on any atom is -0.357 e. The van der Waals surface area contributed by atoms with Crippen molar-refractivity contribution >= 4 is 17.3 Å². The van der Waals surface area contributed by atoms with Gasteiger partial charge in [-0.1, -0.05) is 6.92 Å². The summed E-state index contributed by atoms with van der Waals surface area (Å²) in [5.74, 6) is 0.855. The Morgan fingerprint density at radius 2 is 2.24 bits per heavy atom. The lowest BCUT2D eigenvalue weighted by molar-refractivity contribution is 0.700. The second-order valence-corrected chi connectivity index (χ2v) is 5.02. The van der Waals surface area contributed by atoms with Crippen molar-refractivity contribution in [1.29, 1.82) is 0 Å². The molecule has 0 aliphatic rings. The van der Waals surface area contributed by atoms with Crippen molar-refractivity contribution < 1.29 is 0 Å². The Bertz CT molecular complexity index is 357. The Hall–Kier alpha value is -1.10. The van der Waals surface area contributed by atoms with Gasteiger partial charge in [-0.2, -0.15) is 0 Å². The molecule has 0 aliphatic carbocycles. The maximum absolute atomic E-state index is 4.51. The van der Waals surface area contributed by atoms with Gasteiger partial charge in [-0.15, -0.1) is 11.3 Å². The molecule has 0 amide bonds. The number of rotatable bonds is 5. The number of nitrogens with zero attached hydrogens (tertiary/aromatic N) is 2. The zero-order valence-corrected chi connectivity index (χ0v) is 11.9. The fraction of sp³-hybridized carbons (Fsp3) is 0.667. The predicted molar refractivity (Wildman–Crippen MR) is 74.6 cm³/mol. The molecule has 0 saturated heterocycles. The molecule has 2 N–H and O–H groups in total. The fourth-order valence-corrected chi connectivity index (χ4v) is 2.07. The SMILES string of the molecule is CCNC(=NCc1csc(CC)n1)NC(C)C. The minimum absolute atomic E-state index is 0.384. The van der Waals surface area contributed by atoms with E-state index in [1.807, 2.05) is 0 Å². The molecule has 0 atom stereocenters. The van der Waals surface area contributed by atoms with Gasteiger partial charge in [0.05, 0.1) is 17.2 Å². The number of aliphatic imine (C=N–C) groups is 1. The molecule has 0 saturated carbocycles. The third kappa shape index (κ3) is 5.17. The van der Waals surface area contributed by atoms with Crippen LogP contribution in [0.4, 0.5) is 0 Å². The third-order valence-corrected chi connectivity index (χ3v) is 3.11. The van der Waals surface area contributed by atoms with Gasteiger partial charge in [0.1, 0.15) is 0 Å². The summed E-state index contributed by atoms with van der Waals surface area (Å²) in [6.45, 7) is 9.90. The van der Waals surface area contributed by atoms with E-state index in [-0.39, 0.29) is 0 Å². The number of hydrogen-bond donors (Lipinski definition) is 2. The Morgan fingerprint density at radius 1 is 1.47 bits per heavy atom. The van der Waals surface area contributed by atoms with E-state index in [1.165, 1.54) is 5.01 Å². The summed E-state index contributed by atoms with van der Waals surface area (Å²) in [5.41, 5.74) is 1.05. The number of aryl methyl sites for hydroxylation is 1. The summed E-state index contributed by atoms with van der Waals surface area (Å²) in [6.07, 6.45) is 0.999. The molecule has 0 spiro atoms. The lowest BCUT2D eigenvalue weighted by atomic mass is 10.4. The normalized spacial score (nSPS) is 11.9. The van der Waals surface area contributed by atoms with E-state index in [4.69, 9.17) is 0 Å². The summed E-state index contributed by atoms with van der Waals surface area (Å²) in [4.78, 5) is 9.01. The highest BCUT2D eigenvalue weighted by Gasteiger charge is 2.02. The number of thiazole rings is 1. The zero-order chi connectivity index (χ0) is 12.7. The monoisotopic (exact) mass is 254 g/mol. The standard InChI is InChI=1S/C12H22N4S/c1-5-11-16-10(8-17-11)7-14-12(13-6-2)15-9(3)4/h8-9H,5-7H2,1-4H3,(H2,13,14,15). The molecule has 0 bridgehead atoms. The topological polar surface area (TPSA) is 49.3 Å². The van der Waals surface area contributed by atoms with Crippen LogP contribution < -0.4 is 10.6 Å². The Labute approximate surface area is 108 Å². The van der Waals surface area contributed by atoms with Crippen LogP contribution in [0, 0.1) is 0 Å². The van der Waals surface area contributed by atoms with E-state index in [2.05, 4.69) is 53.7 Å². The van der Waals surface area contributed by atoms with Gasteiger partial charge in [0.15, 0.2) is 5.96 Å². The van der Waals surface area contributed by atoms with E-state index in [0.717, 1.165) is 24.6 Å². The number of guanidine groups is 1. The quantitative estimate of drug-likeness (QED) is 0.625. The Balaban J connectivity index is 2.58. The molecule has 1 aromatic heterocycles. The van der Waals surface area contributed by atoms with Gasteiger partial charge in [-0.05, 0) is 27.2 Å². The highest BCUT2D eigenvalue weighted by Crippen LogP contribution is 2.10. The van der Waals surface area contributed by atoms with Crippen LogP contribution in [0.25, 0.3) is 0 Å². The predicted octanol–water partition coefficient (Wildman–Crippen LogP) is 2.17. The van der Waals surface area contributed by atoms with Gasteiger partial charge in [0.2, 0.25) is 0 Å². The molecule has 1 aromatic rings. The first-order valence-corrected chi connectivity index (χ1v) is 7.01. The summed E-state index contributed by atoms with van der Waals surface area (Å²) >= 11 is 1.71. The van der Waals surface area contributed by atoms with E-state index in [9.17, 15) is 0 Å². The Morgan fingerprint density at radius 3 is 2.76 bits per heavy atom.